The second-order valence-electron chi connectivity index (χ2n) is 11.8. The molecule has 5 aromatic rings. The molecular formula is C39H42ClIN5OP. The van der Waals surface area contributed by atoms with E-state index in [9.17, 15) is 0 Å². The van der Waals surface area contributed by atoms with Gasteiger partial charge in [-0.3, -0.25) is 4.99 Å². The third kappa shape index (κ3) is 8.03. The number of hydrogen-bond acceptors (Lipinski definition) is 3. The van der Waals surface area contributed by atoms with Gasteiger partial charge < -0.3 is 18.1 Å². The second kappa shape index (κ2) is 16.5. The second-order valence-corrected chi connectivity index (χ2v) is 22.5. The molecule has 0 fully saturated rings. The number of aliphatic imine (C=N–C) groups is 1. The standard InChI is InChI=1S/C39H41IN5OP.ClH/c40-47(34-17-7-2-8-18-34,35-19-9-3-10-20-35,36-21-11-4-12-22-36)30-14-13-29-46-33-25-23-32(24-26-33)37-43-38(41)45-39(44-37)42-28-27-31-15-5-1-6-16-31;/h1-12,15-26,37H,13-14,27-30H2,(H4,41,42,43,44,45);1H. The summed E-state index contributed by atoms with van der Waals surface area (Å²) in [4.78, 5) is 7.97. The van der Waals surface area contributed by atoms with Crippen molar-refractivity contribution in [3.8, 4) is 5.75 Å². The topological polar surface area (TPSA) is 85.6 Å². The van der Waals surface area contributed by atoms with Crippen LogP contribution >= 0.6 is 26.3 Å². The van der Waals surface area contributed by atoms with Crippen molar-refractivity contribution in [3.63, 3.8) is 0 Å². The summed E-state index contributed by atoms with van der Waals surface area (Å²) >= 11 is 2.86. The number of halogens is 2. The molecule has 5 N–H and O–H groups in total. The zero-order chi connectivity index (χ0) is 32.4. The smallest absolute Gasteiger partial charge is 1.00 e. The van der Waals surface area contributed by atoms with E-state index in [0.717, 1.165) is 49.2 Å². The molecule has 0 aromatic heterocycles. The first kappa shape index (κ1) is 35.4. The van der Waals surface area contributed by atoms with E-state index in [1.165, 1.54) is 21.5 Å². The number of benzene rings is 5. The van der Waals surface area contributed by atoms with Crippen LogP contribution in [0.2, 0.25) is 0 Å². The van der Waals surface area contributed by atoms with Gasteiger partial charge in [0.25, 0.3) is 0 Å². The van der Waals surface area contributed by atoms with Crippen molar-refractivity contribution in [2.24, 2.45) is 10.7 Å². The van der Waals surface area contributed by atoms with Gasteiger partial charge in [0.1, 0.15) is 0 Å². The minimum atomic E-state index is -2.76. The number of unbranched alkanes of at least 4 members (excludes halogenated alkanes) is 1. The molecule has 1 aliphatic heterocycles. The molecule has 6 rings (SSSR count). The molecule has 1 atom stereocenters. The summed E-state index contributed by atoms with van der Waals surface area (Å²) in [6.07, 6.45) is 3.69. The molecule has 0 radical (unpaired) electrons. The maximum absolute atomic E-state index is 6.25. The summed E-state index contributed by atoms with van der Waals surface area (Å²) in [5, 5.41) is 10.7. The van der Waals surface area contributed by atoms with Gasteiger partial charge in [-0.2, -0.15) is 0 Å². The van der Waals surface area contributed by atoms with Gasteiger partial charge in [0.05, 0.1) is 6.54 Å². The van der Waals surface area contributed by atoms with Gasteiger partial charge >= 0.3 is 228 Å². The van der Waals surface area contributed by atoms with Gasteiger partial charge in [0.15, 0.2) is 0 Å². The van der Waals surface area contributed by atoms with Gasteiger partial charge in [0, 0.05) is 6.42 Å². The van der Waals surface area contributed by atoms with Crippen LogP contribution in [0.3, 0.4) is 0 Å². The van der Waals surface area contributed by atoms with Crippen LogP contribution in [-0.4, -0.2) is 31.2 Å². The molecule has 48 heavy (non-hydrogen) atoms. The van der Waals surface area contributed by atoms with Crippen LogP contribution < -0.4 is 54.4 Å². The van der Waals surface area contributed by atoms with Crippen LogP contribution in [0.4, 0.5) is 0 Å². The third-order valence-corrected chi connectivity index (χ3v) is 20.4. The van der Waals surface area contributed by atoms with Crippen molar-refractivity contribution in [2.45, 2.75) is 25.4 Å². The Morgan fingerprint density at radius 2 is 1.23 bits per heavy atom. The van der Waals surface area contributed by atoms with Crippen molar-refractivity contribution in [1.29, 1.82) is 0 Å². The van der Waals surface area contributed by atoms with Crippen molar-refractivity contribution in [3.05, 3.63) is 157 Å². The average Bonchev–Trinajstić information content (AvgIpc) is 3.13. The van der Waals surface area contributed by atoms with E-state index in [4.69, 9.17) is 10.5 Å². The predicted molar refractivity (Wildman–Crippen MR) is 207 cm³/mol. The van der Waals surface area contributed by atoms with Gasteiger partial charge in [-0.15, -0.1) is 0 Å². The van der Waals surface area contributed by atoms with E-state index in [-0.39, 0.29) is 18.6 Å². The van der Waals surface area contributed by atoms with Crippen molar-refractivity contribution in [2.75, 3.05) is 19.3 Å². The molecule has 0 aliphatic carbocycles. The predicted octanol–water partition coefficient (Wildman–Crippen LogP) is 1.91. The Balaban J connectivity index is 0.00000451. The molecule has 9 heteroatoms. The Kier molecular flexibility index (Phi) is 12.1. The van der Waals surface area contributed by atoms with Crippen LogP contribution in [-0.2, 0) is 6.42 Å². The summed E-state index contributed by atoms with van der Waals surface area (Å²) in [6.45, 7) is 1.43. The summed E-state index contributed by atoms with van der Waals surface area (Å²) < 4.78 is 3.49. The first-order chi connectivity index (χ1) is 23.0. The number of nitrogens with two attached hydrogens (primary N) is 1. The van der Waals surface area contributed by atoms with Crippen molar-refractivity contribution < 1.29 is 22.1 Å². The average molecular weight is 790 g/mol. The molecule has 248 valence electrons. The Bertz CT molecular complexity index is 1690. The number of hydrogen-bond donors (Lipinski definition) is 4. The molecular weight excluding hydrogens is 748 g/mol. The minimum absolute atomic E-state index is 0. The minimum Gasteiger partial charge on any atom is -1.00 e. The van der Waals surface area contributed by atoms with Crippen LogP contribution in [0.25, 0.3) is 0 Å². The molecule has 0 amide bonds. The van der Waals surface area contributed by atoms with Gasteiger partial charge in [0.2, 0.25) is 0 Å². The van der Waals surface area contributed by atoms with Gasteiger partial charge in [-0.1, -0.05) is 30.3 Å². The fraction of sp³-hybridized carbons (Fsp3) is 0.179. The normalized spacial score (nSPS) is 15.9. The Morgan fingerprint density at radius 3 is 1.77 bits per heavy atom. The SMILES string of the molecule is NC1=NC(c2ccc(OCCCCP(I)(c3ccccc3)(c3ccccc3)c3ccccc3)cc2)NC(=[NH+]CCc2ccccc2)N1.[Cl-]. The van der Waals surface area contributed by atoms with Crippen LogP contribution in [0.15, 0.2) is 151 Å². The van der Waals surface area contributed by atoms with E-state index in [0.29, 0.717) is 12.6 Å². The molecule has 0 saturated heterocycles. The number of ether oxygens (including phenoxy) is 1. The summed E-state index contributed by atoms with van der Waals surface area (Å²) in [5.74, 6) is 1.99. The molecule has 5 aromatic carbocycles. The van der Waals surface area contributed by atoms with Gasteiger partial charge in [-0.05, 0) is 5.56 Å². The van der Waals surface area contributed by atoms with Gasteiger partial charge in [-0.25, -0.2) is 5.32 Å². The number of nitrogens with one attached hydrogen (secondary N) is 3. The van der Waals surface area contributed by atoms with Crippen molar-refractivity contribution >= 4 is 54.1 Å². The summed E-state index contributed by atoms with van der Waals surface area (Å²) in [7, 11) is 0. The van der Waals surface area contributed by atoms with E-state index in [2.05, 4.69) is 158 Å². The molecule has 1 unspecified atom stereocenters. The first-order valence-corrected chi connectivity index (χ1v) is 21.4. The zero-order valence-corrected chi connectivity index (χ0v) is 30.6. The molecule has 0 spiro atoms. The quantitative estimate of drug-likeness (QED) is 0.0836. The molecule has 1 aliphatic rings. The molecule has 0 bridgehead atoms. The zero-order valence-electron chi connectivity index (χ0n) is 26.8. The fourth-order valence-electron chi connectivity index (χ4n) is 6.23. The summed E-state index contributed by atoms with van der Waals surface area (Å²) in [6, 6.07) is 51.8. The van der Waals surface area contributed by atoms with Crippen LogP contribution in [0.5, 0.6) is 5.75 Å². The number of nitrogens with zero attached hydrogens (tertiary/aromatic N) is 1. The van der Waals surface area contributed by atoms with E-state index >= 15 is 0 Å². The Morgan fingerprint density at radius 1 is 0.708 bits per heavy atom. The van der Waals surface area contributed by atoms with Crippen LogP contribution in [0.1, 0.15) is 30.1 Å². The first-order valence-electron chi connectivity index (χ1n) is 16.2. The van der Waals surface area contributed by atoms with Crippen LogP contribution in [0, 0.1) is 0 Å². The van der Waals surface area contributed by atoms with E-state index in [1.54, 1.807) is 0 Å². The number of guanidine groups is 2. The Hall–Kier alpha value is -3.91. The fourth-order valence-corrected chi connectivity index (χ4v) is 15.0. The molecule has 6 nitrogen and oxygen atoms in total. The summed E-state index contributed by atoms with van der Waals surface area (Å²) in [5.41, 5.74) is 8.42. The van der Waals surface area contributed by atoms with E-state index in [1.807, 2.05) is 30.3 Å². The van der Waals surface area contributed by atoms with E-state index < -0.39 is 4.25 Å². The molecule has 0 saturated carbocycles. The van der Waals surface area contributed by atoms with Crippen molar-refractivity contribution in [1.82, 2.24) is 10.6 Å². The maximum atomic E-state index is 6.25. The third-order valence-electron chi connectivity index (χ3n) is 8.68. The number of rotatable bonds is 13. The molecule has 1 heterocycles. The monoisotopic (exact) mass is 789 g/mol. The Labute approximate surface area is 303 Å².